The van der Waals surface area contributed by atoms with E-state index in [9.17, 15) is 0 Å². The molecule has 0 bridgehead atoms. The van der Waals surface area contributed by atoms with Gasteiger partial charge in [0.15, 0.2) is 0 Å². The van der Waals surface area contributed by atoms with Crippen LogP contribution in [0.2, 0.25) is 0 Å². The first kappa shape index (κ1) is 13.6. The van der Waals surface area contributed by atoms with Crippen molar-refractivity contribution in [1.82, 2.24) is 4.90 Å². The molecule has 0 spiro atoms. The summed E-state index contributed by atoms with van der Waals surface area (Å²) in [5.74, 6) is 0.819. The minimum absolute atomic E-state index is 0.639. The Hall–Kier alpha value is -0.860. The summed E-state index contributed by atoms with van der Waals surface area (Å²) in [6, 6.07) is 9.28. The molecule has 0 aromatic heterocycles. The van der Waals surface area contributed by atoms with Crippen molar-refractivity contribution < 1.29 is 0 Å². The van der Waals surface area contributed by atoms with Crippen molar-refractivity contribution in [3.8, 4) is 0 Å². The first-order chi connectivity index (χ1) is 8.79. The Morgan fingerprint density at radius 3 is 2.39 bits per heavy atom. The highest BCUT2D eigenvalue weighted by atomic mass is 15.1. The smallest absolute Gasteiger partial charge is 0.0452 e. The zero-order valence-corrected chi connectivity index (χ0v) is 11.6. The van der Waals surface area contributed by atoms with Crippen LogP contribution in [0.4, 0.5) is 0 Å². The van der Waals surface area contributed by atoms with Crippen molar-refractivity contribution in [1.29, 1.82) is 0 Å². The van der Waals surface area contributed by atoms with E-state index >= 15 is 0 Å². The minimum atomic E-state index is 0.639. The predicted molar refractivity (Wildman–Crippen MR) is 77.7 cm³/mol. The van der Waals surface area contributed by atoms with Crippen LogP contribution in [0.1, 0.15) is 49.1 Å². The van der Waals surface area contributed by atoms with Gasteiger partial charge in [0.05, 0.1) is 0 Å². The van der Waals surface area contributed by atoms with Crippen LogP contribution in [-0.2, 0) is 6.42 Å². The molecule has 1 saturated carbocycles. The summed E-state index contributed by atoms with van der Waals surface area (Å²) in [6.07, 6.45) is 8.12. The molecule has 0 aliphatic heterocycles. The second-order valence-corrected chi connectivity index (χ2v) is 5.59. The van der Waals surface area contributed by atoms with E-state index in [0.717, 1.165) is 18.9 Å². The molecule has 1 aliphatic rings. The molecule has 2 heteroatoms. The third-order valence-electron chi connectivity index (χ3n) is 4.15. The number of rotatable bonds is 5. The van der Waals surface area contributed by atoms with Crippen LogP contribution >= 0.6 is 0 Å². The monoisotopic (exact) mass is 246 g/mol. The third kappa shape index (κ3) is 3.82. The predicted octanol–water partition coefficient (Wildman–Crippen LogP) is 3.12. The molecule has 0 amide bonds. The van der Waals surface area contributed by atoms with E-state index in [1.54, 1.807) is 5.56 Å². The van der Waals surface area contributed by atoms with Crippen LogP contribution in [-0.4, -0.2) is 25.2 Å². The molecule has 1 aromatic carbocycles. The molecule has 1 aromatic rings. The van der Waals surface area contributed by atoms with E-state index in [4.69, 9.17) is 5.73 Å². The van der Waals surface area contributed by atoms with Gasteiger partial charge < -0.3 is 5.73 Å². The molecule has 2 N–H and O–H groups in total. The van der Waals surface area contributed by atoms with Crippen molar-refractivity contribution in [2.45, 2.75) is 44.4 Å². The maximum absolute atomic E-state index is 5.58. The van der Waals surface area contributed by atoms with Gasteiger partial charge in [0.2, 0.25) is 0 Å². The number of nitrogens with two attached hydrogens (primary N) is 1. The largest absolute Gasteiger partial charge is 0.318 e. The Labute approximate surface area is 111 Å². The summed E-state index contributed by atoms with van der Waals surface area (Å²) >= 11 is 0. The molecule has 0 atom stereocenters. The van der Waals surface area contributed by atoms with Gasteiger partial charge in [-0.1, -0.05) is 43.5 Å². The van der Waals surface area contributed by atoms with Crippen molar-refractivity contribution in [3.05, 3.63) is 35.4 Å². The van der Waals surface area contributed by atoms with Crippen LogP contribution in [0.15, 0.2) is 24.3 Å². The summed E-state index contributed by atoms with van der Waals surface area (Å²) in [5, 5.41) is 0. The number of likely N-dealkylation sites (N-methyl/N-ethyl adjacent to an activating group) is 1. The van der Waals surface area contributed by atoms with Gasteiger partial charge in [0.1, 0.15) is 0 Å². The Morgan fingerprint density at radius 2 is 1.78 bits per heavy atom. The van der Waals surface area contributed by atoms with E-state index in [-0.39, 0.29) is 0 Å². The Morgan fingerprint density at radius 1 is 1.11 bits per heavy atom. The molecule has 100 valence electrons. The molecule has 2 rings (SSSR count). The second-order valence-electron chi connectivity index (χ2n) is 5.59. The highest BCUT2D eigenvalue weighted by Gasteiger charge is 2.14. The van der Waals surface area contributed by atoms with E-state index in [2.05, 4.69) is 36.2 Å². The normalized spacial score (nSPS) is 17.3. The summed E-state index contributed by atoms with van der Waals surface area (Å²) < 4.78 is 0. The van der Waals surface area contributed by atoms with E-state index in [1.807, 2.05) is 0 Å². The lowest BCUT2D eigenvalue weighted by Crippen LogP contribution is -2.27. The molecule has 2 nitrogen and oxygen atoms in total. The van der Waals surface area contributed by atoms with E-state index in [1.165, 1.54) is 37.7 Å². The highest BCUT2D eigenvalue weighted by molar-refractivity contribution is 5.26. The topological polar surface area (TPSA) is 29.3 Å². The zero-order valence-electron chi connectivity index (χ0n) is 11.6. The molecular weight excluding hydrogens is 220 g/mol. The lowest BCUT2D eigenvalue weighted by atomic mass is 9.84. The fourth-order valence-corrected chi connectivity index (χ4v) is 2.80. The molecule has 0 unspecified atom stereocenters. The van der Waals surface area contributed by atoms with Gasteiger partial charge in [-0.15, -0.1) is 0 Å². The molecule has 1 aliphatic carbocycles. The quantitative estimate of drug-likeness (QED) is 0.809. The maximum Gasteiger partial charge on any atom is 0.0452 e. The number of nitrogens with zero attached hydrogens (tertiary/aromatic N) is 1. The first-order valence-corrected chi connectivity index (χ1v) is 7.27. The lowest BCUT2D eigenvalue weighted by molar-refractivity contribution is 0.349. The lowest BCUT2D eigenvalue weighted by Gasteiger charge is -2.22. The van der Waals surface area contributed by atoms with Crippen LogP contribution in [0.5, 0.6) is 0 Å². The average Bonchev–Trinajstić information content (AvgIpc) is 2.46. The number of hydrogen-bond acceptors (Lipinski definition) is 2. The average molecular weight is 246 g/mol. The molecule has 0 saturated heterocycles. The summed E-state index contributed by atoms with van der Waals surface area (Å²) in [7, 11) is 2.07. The third-order valence-corrected chi connectivity index (χ3v) is 4.15. The van der Waals surface area contributed by atoms with Gasteiger partial charge in [0, 0.05) is 13.2 Å². The van der Waals surface area contributed by atoms with E-state index in [0.29, 0.717) is 6.67 Å². The molecule has 0 heterocycles. The zero-order chi connectivity index (χ0) is 12.8. The van der Waals surface area contributed by atoms with Gasteiger partial charge >= 0.3 is 0 Å². The van der Waals surface area contributed by atoms with Gasteiger partial charge in [-0.3, -0.25) is 4.90 Å². The minimum Gasteiger partial charge on any atom is -0.318 e. The fourth-order valence-electron chi connectivity index (χ4n) is 2.80. The van der Waals surface area contributed by atoms with Crippen LogP contribution in [0.3, 0.4) is 0 Å². The van der Waals surface area contributed by atoms with Crippen molar-refractivity contribution in [2.24, 2.45) is 5.73 Å². The standard InChI is InChI=1S/C16H26N2/c1-18(13-17)12-11-14-7-9-16(10-8-14)15-5-3-2-4-6-15/h7-10,15H,2-6,11-13,17H2,1H3. The van der Waals surface area contributed by atoms with Gasteiger partial charge in [0.25, 0.3) is 0 Å². The number of benzene rings is 1. The van der Waals surface area contributed by atoms with Crippen molar-refractivity contribution >= 4 is 0 Å². The van der Waals surface area contributed by atoms with Crippen molar-refractivity contribution in [3.63, 3.8) is 0 Å². The fraction of sp³-hybridized carbons (Fsp3) is 0.625. The van der Waals surface area contributed by atoms with Crippen LogP contribution in [0, 0.1) is 0 Å². The maximum atomic E-state index is 5.58. The summed E-state index contributed by atoms with van der Waals surface area (Å²) in [6.45, 7) is 1.68. The summed E-state index contributed by atoms with van der Waals surface area (Å²) in [4.78, 5) is 2.15. The Kier molecular flexibility index (Phi) is 5.21. The summed E-state index contributed by atoms with van der Waals surface area (Å²) in [5.41, 5.74) is 8.56. The number of hydrogen-bond donors (Lipinski definition) is 1. The van der Waals surface area contributed by atoms with Gasteiger partial charge in [-0.05, 0) is 43.4 Å². The highest BCUT2D eigenvalue weighted by Crippen LogP contribution is 2.32. The van der Waals surface area contributed by atoms with E-state index < -0.39 is 0 Å². The molecule has 1 fully saturated rings. The molecule has 0 radical (unpaired) electrons. The van der Waals surface area contributed by atoms with Crippen LogP contribution < -0.4 is 5.73 Å². The molecular formula is C16H26N2. The Balaban J connectivity index is 1.88. The Bertz CT molecular complexity index is 339. The van der Waals surface area contributed by atoms with Gasteiger partial charge in [-0.25, -0.2) is 0 Å². The van der Waals surface area contributed by atoms with Crippen LogP contribution in [0.25, 0.3) is 0 Å². The first-order valence-electron chi connectivity index (χ1n) is 7.27. The SMILES string of the molecule is CN(CN)CCc1ccc(C2CCCCC2)cc1. The van der Waals surface area contributed by atoms with Crippen molar-refractivity contribution in [2.75, 3.05) is 20.3 Å². The molecule has 18 heavy (non-hydrogen) atoms. The van der Waals surface area contributed by atoms with Gasteiger partial charge in [-0.2, -0.15) is 0 Å². The second kappa shape index (κ2) is 6.91.